The van der Waals surface area contributed by atoms with Gasteiger partial charge in [-0.05, 0) is 42.0 Å². The van der Waals surface area contributed by atoms with E-state index in [0.29, 0.717) is 23.6 Å². The molecule has 0 bridgehead atoms. The second kappa shape index (κ2) is 8.38. The highest BCUT2D eigenvalue weighted by atomic mass is 19.3. The van der Waals surface area contributed by atoms with Gasteiger partial charge < -0.3 is 25.8 Å². The Balaban J connectivity index is 1.46. The Kier molecular flexibility index (Phi) is 5.46. The number of amides is 3. The van der Waals surface area contributed by atoms with Gasteiger partial charge >= 0.3 is 12.3 Å². The fourth-order valence-electron chi connectivity index (χ4n) is 3.04. The van der Waals surface area contributed by atoms with Crippen LogP contribution in [0.2, 0.25) is 0 Å². The van der Waals surface area contributed by atoms with Gasteiger partial charge in [0, 0.05) is 30.2 Å². The van der Waals surface area contributed by atoms with Crippen LogP contribution >= 0.6 is 0 Å². The van der Waals surface area contributed by atoms with Crippen LogP contribution in [-0.4, -0.2) is 23.2 Å². The van der Waals surface area contributed by atoms with Gasteiger partial charge in [0.1, 0.15) is 5.82 Å². The summed E-state index contributed by atoms with van der Waals surface area (Å²) in [5.41, 5.74) is 7.02. The average molecular weight is 441 g/mol. The fraction of sp³-hybridized carbons (Fsp3) is 0.0952. The van der Waals surface area contributed by atoms with Crippen molar-refractivity contribution in [3.05, 3.63) is 71.9 Å². The van der Waals surface area contributed by atoms with Gasteiger partial charge in [-0.2, -0.15) is 0 Å². The van der Waals surface area contributed by atoms with Crippen molar-refractivity contribution in [2.75, 3.05) is 16.0 Å². The summed E-state index contributed by atoms with van der Waals surface area (Å²) in [7, 11) is 0. The van der Waals surface area contributed by atoms with Crippen molar-refractivity contribution in [1.29, 1.82) is 0 Å². The van der Waals surface area contributed by atoms with Crippen molar-refractivity contribution in [3.8, 4) is 11.5 Å². The number of aromatic nitrogens is 1. The molecular formula is C21H17F2N5O4. The number of urea groups is 1. The van der Waals surface area contributed by atoms with E-state index in [0.717, 1.165) is 5.56 Å². The third kappa shape index (κ3) is 4.83. The highest BCUT2D eigenvalue weighted by molar-refractivity contribution is 6.08. The number of nitrogens with two attached hydrogens (primary N) is 1. The number of nitrogens with zero attached hydrogens (tertiary/aromatic N) is 1. The quantitative estimate of drug-likeness (QED) is 0.461. The molecule has 0 saturated carbocycles. The van der Waals surface area contributed by atoms with Crippen molar-refractivity contribution in [3.63, 3.8) is 0 Å². The predicted octanol–water partition coefficient (Wildman–Crippen LogP) is 3.76. The molecule has 9 nitrogen and oxygen atoms in total. The van der Waals surface area contributed by atoms with Gasteiger partial charge in [0.25, 0.3) is 5.91 Å². The van der Waals surface area contributed by atoms with Gasteiger partial charge in [-0.15, -0.1) is 8.78 Å². The van der Waals surface area contributed by atoms with E-state index < -0.39 is 18.2 Å². The number of para-hydroxylation sites is 1. The maximum Gasteiger partial charge on any atom is 0.586 e. The van der Waals surface area contributed by atoms with Crippen LogP contribution in [0.3, 0.4) is 0 Å². The average Bonchev–Trinajstić information content (AvgIpc) is 3.05. The summed E-state index contributed by atoms with van der Waals surface area (Å²) in [6.45, 7) is 0.333. The molecule has 4 rings (SSSR count). The Morgan fingerprint density at radius 3 is 2.59 bits per heavy atom. The number of anilines is 3. The van der Waals surface area contributed by atoms with Crippen LogP contribution in [0.25, 0.3) is 0 Å². The van der Waals surface area contributed by atoms with Crippen LogP contribution in [0.4, 0.5) is 30.8 Å². The number of hydrogen-bond acceptors (Lipinski definition) is 6. The molecule has 0 saturated heterocycles. The Morgan fingerprint density at radius 1 is 1.00 bits per heavy atom. The van der Waals surface area contributed by atoms with Crippen LogP contribution in [0.1, 0.15) is 15.9 Å². The monoisotopic (exact) mass is 441 g/mol. The van der Waals surface area contributed by atoms with E-state index in [9.17, 15) is 18.4 Å². The minimum absolute atomic E-state index is 0.113. The van der Waals surface area contributed by atoms with E-state index in [1.807, 2.05) is 0 Å². The number of nitrogens with one attached hydrogen (secondary N) is 3. The summed E-state index contributed by atoms with van der Waals surface area (Å²) < 4.78 is 35.1. The molecule has 2 heterocycles. The molecular weight excluding hydrogens is 424 g/mol. The summed E-state index contributed by atoms with van der Waals surface area (Å²) in [4.78, 5) is 27.8. The van der Waals surface area contributed by atoms with Gasteiger partial charge in [0.2, 0.25) is 0 Å². The number of rotatable bonds is 6. The topological polar surface area (TPSA) is 128 Å². The predicted molar refractivity (Wildman–Crippen MR) is 112 cm³/mol. The van der Waals surface area contributed by atoms with E-state index in [2.05, 4.69) is 30.4 Å². The van der Waals surface area contributed by atoms with Crippen LogP contribution in [0.15, 0.2) is 60.8 Å². The fourth-order valence-corrected chi connectivity index (χ4v) is 3.04. The van der Waals surface area contributed by atoms with Gasteiger partial charge in [-0.25, -0.2) is 9.78 Å². The van der Waals surface area contributed by atoms with Crippen LogP contribution in [0, 0.1) is 0 Å². The first-order valence-electron chi connectivity index (χ1n) is 9.35. The Morgan fingerprint density at radius 2 is 1.78 bits per heavy atom. The Labute approximate surface area is 180 Å². The van der Waals surface area contributed by atoms with Crippen molar-refractivity contribution in [2.24, 2.45) is 5.73 Å². The van der Waals surface area contributed by atoms with E-state index in [-0.39, 0.29) is 17.2 Å². The molecule has 1 aliphatic heterocycles. The lowest BCUT2D eigenvalue weighted by atomic mass is 10.1. The summed E-state index contributed by atoms with van der Waals surface area (Å²) in [5, 5.41) is 8.20. The largest absolute Gasteiger partial charge is 0.586 e. The normalized spacial score (nSPS) is 13.3. The molecule has 0 unspecified atom stereocenters. The first-order chi connectivity index (χ1) is 15.3. The van der Waals surface area contributed by atoms with Gasteiger partial charge in [-0.1, -0.05) is 12.1 Å². The molecule has 0 atom stereocenters. The Bertz CT molecular complexity index is 1190. The van der Waals surface area contributed by atoms with Crippen LogP contribution in [0.5, 0.6) is 11.5 Å². The maximum atomic E-state index is 13.2. The summed E-state index contributed by atoms with van der Waals surface area (Å²) in [6, 6.07) is 13.4. The summed E-state index contributed by atoms with van der Waals surface area (Å²) in [6.07, 6.45) is -2.22. The molecule has 0 fully saturated rings. The number of primary amides is 1. The molecule has 164 valence electrons. The Hall–Kier alpha value is -4.41. The number of carbonyl (C=O) groups is 2. The maximum absolute atomic E-state index is 13.2. The molecule has 5 N–H and O–H groups in total. The third-order valence-electron chi connectivity index (χ3n) is 4.39. The SMILES string of the molecule is NC(=O)Nc1cc(CNc2ccccc2C(=O)Nc2ccc3c(c2)OC(F)(F)O3)ccn1. The summed E-state index contributed by atoms with van der Waals surface area (Å²) >= 11 is 0. The van der Waals surface area contributed by atoms with Gasteiger partial charge in [0.15, 0.2) is 11.5 Å². The highest BCUT2D eigenvalue weighted by Gasteiger charge is 2.43. The number of hydrogen-bond donors (Lipinski definition) is 4. The lowest BCUT2D eigenvalue weighted by Crippen LogP contribution is -2.25. The molecule has 0 radical (unpaired) electrons. The first kappa shape index (κ1) is 20.8. The van der Waals surface area contributed by atoms with Crippen LogP contribution in [-0.2, 0) is 6.54 Å². The number of halogens is 2. The van der Waals surface area contributed by atoms with E-state index >= 15 is 0 Å². The lowest BCUT2D eigenvalue weighted by Gasteiger charge is -2.13. The van der Waals surface area contributed by atoms with E-state index in [1.165, 1.54) is 24.4 Å². The molecule has 11 heteroatoms. The van der Waals surface area contributed by atoms with Crippen molar-refractivity contribution in [1.82, 2.24) is 4.98 Å². The van der Waals surface area contributed by atoms with E-state index in [1.54, 1.807) is 36.4 Å². The summed E-state index contributed by atoms with van der Waals surface area (Å²) in [5.74, 6) is -0.435. The van der Waals surface area contributed by atoms with Crippen molar-refractivity contribution >= 4 is 29.1 Å². The number of pyridine rings is 1. The number of ether oxygens (including phenoxy) is 2. The third-order valence-corrected chi connectivity index (χ3v) is 4.39. The number of fused-ring (bicyclic) bond motifs is 1. The van der Waals surface area contributed by atoms with Crippen molar-refractivity contribution < 1.29 is 27.8 Å². The molecule has 3 amide bonds. The zero-order valence-corrected chi connectivity index (χ0v) is 16.4. The zero-order chi connectivity index (χ0) is 22.7. The first-order valence-corrected chi connectivity index (χ1v) is 9.35. The second-order valence-corrected chi connectivity index (χ2v) is 6.72. The number of carbonyl (C=O) groups excluding carboxylic acids is 2. The number of alkyl halides is 2. The van der Waals surface area contributed by atoms with Crippen LogP contribution < -0.4 is 31.2 Å². The van der Waals surface area contributed by atoms with E-state index in [4.69, 9.17) is 5.73 Å². The molecule has 2 aromatic carbocycles. The molecule has 3 aromatic rings. The molecule has 1 aromatic heterocycles. The lowest BCUT2D eigenvalue weighted by molar-refractivity contribution is -0.286. The minimum Gasteiger partial charge on any atom is -0.395 e. The minimum atomic E-state index is -3.73. The molecule has 32 heavy (non-hydrogen) atoms. The number of benzene rings is 2. The second-order valence-electron chi connectivity index (χ2n) is 6.72. The standard InChI is InChI=1S/C21H17F2N5O4/c22-21(23)31-16-6-5-13(10-17(16)32-21)27-19(29)14-3-1-2-4-15(14)26-11-12-7-8-25-18(9-12)28-20(24)30/h1-10,26H,11H2,(H,27,29)(H3,24,25,28,30). The molecule has 0 aliphatic carbocycles. The van der Waals surface area contributed by atoms with Crippen molar-refractivity contribution in [2.45, 2.75) is 12.8 Å². The van der Waals surface area contributed by atoms with Gasteiger partial charge in [-0.3, -0.25) is 10.1 Å². The van der Waals surface area contributed by atoms with Gasteiger partial charge in [0.05, 0.1) is 5.56 Å². The smallest absolute Gasteiger partial charge is 0.395 e. The molecule has 0 spiro atoms. The highest BCUT2D eigenvalue weighted by Crippen LogP contribution is 2.42. The zero-order valence-electron chi connectivity index (χ0n) is 16.4. The molecule has 1 aliphatic rings.